The number of ether oxygens (including phenoxy) is 1. The molecular formula is C23H19N3O4. The normalized spacial score (nSPS) is 15.4. The maximum Gasteiger partial charge on any atom is 0.251 e. The number of hydrogen-bond donors (Lipinski definition) is 2. The van der Waals surface area contributed by atoms with Gasteiger partial charge >= 0.3 is 0 Å². The fraction of sp³-hybridized carbons (Fsp3) is 0.174. The maximum absolute atomic E-state index is 12.9. The van der Waals surface area contributed by atoms with Crippen molar-refractivity contribution >= 4 is 17.0 Å². The minimum Gasteiger partial charge on any atom is -0.506 e. The molecule has 0 saturated heterocycles. The number of nitrogens with zero attached hydrogens (tertiary/aromatic N) is 2. The molecule has 0 bridgehead atoms. The van der Waals surface area contributed by atoms with Gasteiger partial charge in [0, 0.05) is 36.2 Å². The number of rotatable bonds is 3. The lowest BCUT2D eigenvalue weighted by atomic mass is 9.95. The van der Waals surface area contributed by atoms with Gasteiger partial charge in [0.25, 0.3) is 5.91 Å². The van der Waals surface area contributed by atoms with Gasteiger partial charge in [-0.1, -0.05) is 6.07 Å². The van der Waals surface area contributed by atoms with Crippen LogP contribution in [0.5, 0.6) is 11.5 Å². The van der Waals surface area contributed by atoms with Crippen LogP contribution in [0.1, 0.15) is 34.3 Å². The zero-order valence-electron chi connectivity index (χ0n) is 16.3. The maximum atomic E-state index is 12.9. The van der Waals surface area contributed by atoms with E-state index in [0.717, 1.165) is 28.0 Å². The SMILES string of the molecule is Cc1nc2ccc(C(=O)NC3CCOc4ccc(-c5cncc(O)c5)cc43)cc2o1. The molecule has 0 aliphatic carbocycles. The van der Waals surface area contributed by atoms with E-state index < -0.39 is 0 Å². The van der Waals surface area contributed by atoms with E-state index in [9.17, 15) is 9.90 Å². The van der Waals surface area contributed by atoms with Crippen LogP contribution in [0.2, 0.25) is 0 Å². The van der Waals surface area contributed by atoms with Crippen molar-refractivity contribution in [3.05, 3.63) is 71.9 Å². The summed E-state index contributed by atoms with van der Waals surface area (Å²) in [6.45, 7) is 2.30. The summed E-state index contributed by atoms with van der Waals surface area (Å²) in [6.07, 6.45) is 3.73. The highest BCUT2D eigenvalue weighted by Gasteiger charge is 2.24. The number of oxazole rings is 1. The molecule has 150 valence electrons. The average Bonchev–Trinajstić information content (AvgIpc) is 3.13. The minimum absolute atomic E-state index is 0.101. The van der Waals surface area contributed by atoms with Gasteiger partial charge in [0.2, 0.25) is 0 Å². The summed E-state index contributed by atoms with van der Waals surface area (Å²) >= 11 is 0. The van der Waals surface area contributed by atoms with Crippen LogP contribution in [0, 0.1) is 6.92 Å². The Hall–Kier alpha value is -3.87. The van der Waals surface area contributed by atoms with Crippen molar-refractivity contribution in [3.63, 3.8) is 0 Å². The molecule has 1 atom stereocenters. The Morgan fingerprint density at radius 2 is 2.03 bits per heavy atom. The largest absolute Gasteiger partial charge is 0.506 e. The van der Waals surface area contributed by atoms with Crippen molar-refractivity contribution in [3.8, 4) is 22.6 Å². The van der Waals surface area contributed by atoms with E-state index in [2.05, 4.69) is 15.3 Å². The smallest absolute Gasteiger partial charge is 0.251 e. The highest BCUT2D eigenvalue weighted by Crippen LogP contribution is 2.36. The number of carbonyl (C=O) groups excluding carboxylic acids is 1. The Kier molecular flexibility index (Phi) is 4.35. The van der Waals surface area contributed by atoms with E-state index in [0.29, 0.717) is 30.1 Å². The lowest BCUT2D eigenvalue weighted by Gasteiger charge is -2.27. The van der Waals surface area contributed by atoms with Gasteiger partial charge < -0.3 is 19.6 Å². The number of aryl methyl sites for hydroxylation is 1. The lowest BCUT2D eigenvalue weighted by molar-refractivity contribution is 0.0925. The van der Waals surface area contributed by atoms with Crippen LogP contribution in [-0.2, 0) is 0 Å². The second-order valence-corrected chi connectivity index (χ2v) is 7.26. The van der Waals surface area contributed by atoms with E-state index in [1.54, 1.807) is 37.4 Å². The summed E-state index contributed by atoms with van der Waals surface area (Å²) in [7, 11) is 0. The molecular weight excluding hydrogens is 382 g/mol. The number of benzene rings is 2. The predicted molar refractivity (Wildman–Crippen MR) is 110 cm³/mol. The standard InChI is InChI=1S/C23H19N3O4/c1-13-25-20-4-2-15(10-22(20)30-13)23(28)26-19-6-7-29-21-5-3-14(9-18(19)21)16-8-17(27)12-24-11-16/h2-5,8-12,19,27H,6-7H2,1H3,(H,26,28). The third kappa shape index (κ3) is 3.34. The number of nitrogens with one attached hydrogen (secondary N) is 1. The van der Waals surface area contributed by atoms with Crippen molar-refractivity contribution in [2.45, 2.75) is 19.4 Å². The molecule has 0 saturated carbocycles. The highest BCUT2D eigenvalue weighted by molar-refractivity contribution is 5.97. The number of pyridine rings is 1. The first-order valence-electron chi connectivity index (χ1n) is 9.66. The molecule has 2 aromatic heterocycles. The van der Waals surface area contributed by atoms with Crippen LogP contribution in [0.4, 0.5) is 0 Å². The third-order valence-corrected chi connectivity index (χ3v) is 5.17. The number of amides is 1. The molecule has 0 fully saturated rings. The van der Waals surface area contributed by atoms with Crippen molar-refractivity contribution in [2.24, 2.45) is 0 Å². The average molecular weight is 401 g/mol. The fourth-order valence-electron chi connectivity index (χ4n) is 3.73. The van der Waals surface area contributed by atoms with Crippen molar-refractivity contribution in [2.75, 3.05) is 6.61 Å². The molecule has 1 aliphatic heterocycles. The quantitative estimate of drug-likeness (QED) is 0.535. The second kappa shape index (κ2) is 7.18. The van der Waals surface area contributed by atoms with E-state index in [1.807, 2.05) is 18.2 Å². The second-order valence-electron chi connectivity index (χ2n) is 7.26. The monoisotopic (exact) mass is 401 g/mol. The molecule has 4 aromatic rings. The molecule has 30 heavy (non-hydrogen) atoms. The van der Waals surface area contributed by atoms with Gasteiger partial charge in [0.05, 0.1) is 18.8 Å². The number of aromatic hydroxyl groups is 1. The molecule has 3 heterocycles. The van der Waals surface area contributed by atoms with E-state index >= 15 is 0 Å². The Morgan fingerprint density at radius 3 is 2.90 bits per heavy atom. The number of hydrogen-bond acceptors (Lipinski definition) is 6. The molecule has 7 heteroatoms. The molecule has 7 nitrogen and oxygen atoms in total. The summed E-state index contributed by atoms with van der Waals surface area (Å²) in [6, 6.07) is 12.5. The van der Waals surface area contributed by atoms with Gasteiger partial charge in [-0.05, 0) is 42.0 Å². The molecule has 1 aliphatic rings. The zero-order valence-corrected chi connectivity index (χ0v) is 16.3. The summed E-state index contributed by atoms with van der Waals surface area (Å²) in [5, 5.41) is 12.8. The Bertz CT molecular complexity index is 1260. The Labute approximate surface area is 172 Å². The zero-order chi connectivity index (χ0) is 20.7. The predicted octanol–water partition coefficient (Wildman–Crippen LogP) is 4.16. The van der Waals surface area contributed by atoms with Crippen molar-refractivity contribution in [1.29, 1.82) is 0 Å². The van der Waals surface area contributed by atoms with Crippen LogP contribution in [0.15, 0.2) is 59.3 Å². The summed E-state index contributed by atoms with van der Waals surface area (Å²) in [5.74, 6) is 1.22. The summed E-state index contributed by atoms with van der Waals surface area (Å²) in [4.78, 5) is 21.2. The lowest BCUT2D eigenvalue weighted by Crippen LogP contribution is -2.32. The molecule has 2 aromatic carbocycles. The molecule has 0 spiro atoms. The minimum atomic E-state index is -0.196. The number of carbonyl (C=O) groups is 1. The number of aromatic nitrogens is 2. The Balaban J connectivity index is 1.44. The van der Waals surface area contributed by atoms with E-state index in [-0.39, 0.29) is 17.7 Å². The van der Waals surface area contributed by atoms with Gasteiger partial charge in [-0.15, -0.1) is 0 Å². The van der Waals surface area contributed by atoms with Crippen LogP contribution < -0.4 is 10.1 Å². The van der Waals surface area contributed by atoms with Gasteiger partial charge in [-0.2, -0.15) is 0 Å². The first kappa shape index (κ1) is 18.2. The highest BCUT2D eigenvalue weighted by atomic mass is 16.5. The van der Waals surface area contributed by atoms with Crippen LogP contribution >= 0.6 is 0 Å². The van der Waals surface area contributed by atoms with E-state index in [1.165, 1.54) is 6.20 Å². The topological polar surface area (TPSA) is 97.5 Å². The van der Waals surface area contributed by atoms with Gasteiger partial charge in [0.1, 0.15) is 17.0 Å². The molecule has 5 rings (SSSR count). The molecule has 0 radical (unpaired) electrons. The van der Waals surface area contributed by atoms with Crippen LogP contribution in [0.25, 0.3) is 22.2 Å². The van der Waals surface area contributed by atoms with Crippen LogP contribution in [-0.4, -0.2) is 27.6 Å². The van der Waals surface area contributed by atoms with Gasteiger partial charge in [0.15, 0.2) is 11.5 Å². The fourth-order valence-corrected chi connectivity index (χ4v) is 3.73. The molecule has 1 amide bonds. The van der Waals surface area contributed by atoms with Gasteiger partial charge in [-0.3, -0.25) is 9.78 Å². The Morgan fingerprint density at radius 1 is 1.13 bits per heavy atom. The van der Waals surface area contributed by atoms with Crippen molar-refractivity contribution in [1.82, 2.24) is 15.3 Å². The first-order chi connectivity index (χ1) is 14.6. The summed E-state index contributed by atoms with van der Waals surface area (Å²) < 4.78 is 11.3. The summed E-state index contributed by atoms with van der Waals surface area (Å²) in [5.41, 5.74) is 4.41. The van der Waals surface area contributed by atoms with E-state index in [4.69, 9.17) is 9.15 Å². The first-order valence-corrected chi connectivity index (χ1v) is 9.66. The molecule has 2 N–H and O–H groups in total. The van der Waals surface area contributed by atoms with Gasteiger partial charge in [-0.25, -0.2) is 4.98 Å². The van der Waals surface area contributed by atoms with Crippen molar-refractivity contribution < 1.29 is 19.1 Å². The van der Waals surface area contributed by atoms with Crippen LogP contribution in [0.3, 0.4) is 0 Å². The number of fused-ring (bicyclic) bond motifs is 2. The molecule has 1 unspecified atom stereocenters. The third-order valence-electron chi connectivity index (χ3n) is 5.17.